The third-order valence-corrected chi connectivity index (χ3v) is 3.63. The van der Waals surface area contributed by atoms with E-state index < -0.39 is 18.5 Å². The molecule has 2 amide bonds. The molecule has 0 unspecified atom stereocenters. The summed E-state index contributed by atoms with van der Waals surface area (Å²) >= 11 is 0. The number of esters is 1. The fourth-order valence-electron chi connectivity index (χ4n) is 2.40. The van der Waals surface area contributed by atoms with Gasteiger partial charge in [0.15, 0.2) is 6.61 Å². The van der Waals surface area contributed by atoms with Crippen molar-refractivity contribution in [2.75, 3.05) is 20.2 Å². The van der Waals surface area contributed by atoms with Crippen molar-refractivity contribution in [1.82, 2.24) is 10.2 Å². The molecule has 6 heteroatoms. The molecular formula is C20H24N2O4. The highest BCUT2D eigenvalue weighted by molar-refractivity contribution is 5.96. The Hall–Kier alpha value is -2.89. The molecule has 2 aromatic rings. The van der Waals surface area contributed by atoms with Crippen molar-refractivity contribution in [1.29, 1.82) is 0 Å². The van der Waals surface area contributed by atoms with E-state index in [4.69, 9.17) is 4.74 Å². The lowest BCUT2D eigenvalue weighted by molar-refractivity contribution is -0.137. The van der Waals surface area contributed by atoms with Crippen LogP contribution in [0.5, 0.6) is 0 Å². The third-order valence-electron chi connectivity index (χ3n) is 3.63. The number of likely N-dealkylation sites (N-methyl/N-ethyl adjacent to an activating group) is 1. The van der Waals surface area contributed by atoms with Crippen LogP contribution in [0.25, 0.3) is 10.8 Å². The second-order valence-corrected chi connectivity index (χ2v) is 7.19. The normalized spacial score (nSPS) is 11.1. The molecule has 6 nitrogen and oxygen atoms in total. The van der Waals surface area contributed by atoms with Crippen LogP contribution in [0.2, 0.25) is 0 Å². The minimum absolute atomic E-state index is 0.0936. The molecule has 2 aromatic carbocycles. The zero-order valence-electron chi connectivity index (χ0n) is 15.5. The topological polar surface area (TPSA) is 75.7 Å². The summed E-state index contributed by atoms with van der Waals surface area (Å²) in [4.78, 5) is 37.3. The fraction of sp³-hybridized carbons (Fsp3) is 0.350. The average molecular weight is 356 g/mol. The molecule has 138 valence electrons. The van der Waals surface area contributed by atoms with Crippen molar-refractivity contribution in [3.63, 3.8) is 0 Å². The summed E-state index contributed by atoms with van der Waals surface area (Å²) in [6.45, 7) is 5.07. The van der Waals surface area contributed by atoms with Crippen LogP contribution < -0.4 is 5.32 Å². The van der Waals surface area contributed by atoms with Gasteiger partial charge in [0.1, 0.15) is 0 Å². The van der Waals surface area contributed by atoms with Crippen LogP contribution in [0.3, 0.4) is 0 Å². The SMILES string of the molecule is CN(CC(=O)NC(C)(C)C)C(=O)COC(=O)c1ccc2ccccc2c1. The summed E-state index contributed by atoms with van der Waals surface area (Å²) in [6, 6.07) is 12.9. The lowest BCUT2D eigenvalue weighted by Crippen LogP contribution is -2.46. The van der Waals surface area contributed by atoms with Gasteiger partial charge >= 0.3 is 5.97 Å². The van der Waals surface area contributed by atoms with Gasteiger partial charge in [-0.25, -0.2) is 4.79 Å². The average Bonchev–Trinajstić information content (AvgIpc) is 2.57. The lowest BCUT2D eigenvalue weighted by Gasteiger charge is -2.23. The monoisotopic (exact) mass is 356 g/mol. The molecule has 2 rings (SSSR count). The molecule has 0 aliphatic rings. The van der Waals surface area contributed by atoms with Gasteiger partial charge in [0.05, 0.1) is 12.1 Å². The van der Waals surface area contributed by atoms with E-state index in [2.05, 4.69) is 5.32 Å². The van der Waals surface area contributed by atoms with Gasteiger partial charge in [0.2, 0.25) is 5.91 Å². The molecule has 0 saturated heterocycles. The van der Waals surface area contributed by atoms with Crippen molar-refractivity contribution in [2.24, 2.45) is 0 Å². The van der Waals surface area contributed by atoms with Crippen LogP contribution in [-0.2, 0) is 14.3 Å². The first-order valence-electron chi connectivity index (χ1n) is 8.36. The summed E-state index contributed by atoms with van der Waals surface area (Å²) in [6.07, 6.45) is 0. The van der Waals surface area contributed by atoms with E-state index in [1.54, 1.807) is 12.1 Å². The summed E-state index contributed by atoms with van der Waals surface area (Å²) < 4.78 is 5.08. The minimum atomic E-state index is -0.573. The van der Waals surface area contributed by atoms with Crippen LogP contribution in [0.15, 0.2) is 42.5 Å². The Morgan fingerprint density at radius 2 is 1.69 bits per heavy atom. The van der Waals surface area contributed by atoms with Gasteiger partial charge in [-0.2, -0.15) is 0 Å². The van der Waals surface area contributed by atoms with Gasteiger partial charge in [0, 0.05) is 12.6 Å². The Labute approximate surface area is 153 Å². The largest absolute Gasteiger partial charge is 0.452 e. The number of hydrogen-bond acceptors (Lipinski definition) is 4. The maximum absolute atomic E-state index is 12.2. The molecule has 0 spiro atoms. The smallest absolute Gasteiger partial charge is 0.338 e. The number of ether oxygens (including phenoxy) is 1. The first-order chi connectivity index (χ1) is 12.2. The predicted octanol–water partition coefficient (Wildman–Crippen LogP) is 2.37. The van der Waals surface area contributed by atoms with Gasteiger partial charge in [-0.05, 0) is 43.7 Å². The van der Waals surface area contributed by atoms with Crippen LogP contribution >= 0.6 is 0 Å². The predicted molar refractivity (Wildman–Crippen MR) is 99.8 cm³/mol. The quantitative estimate of drug-likeness (QED) is 0.835. The maximum atomic E-state index is 12.2. The van der Waals surface area contributed by atoms with E-state index in [0.29, 0.717) is 5.56 Å². The van der Waals surface area contributed by atoms with E-state index >= 15 is 0 Å². The molecule has 0 bridgehead atoms. The molecule has 26 heavy (non-hydrogen) atoms. The molecule has 0 radical (unpaired) electrons. The van der Waals surface area contributed by atoms with Crippen LogP contribution in [0, 0.1) is 0 Å². The summed E-state index contributed by atoms with van der Waals surface area (Å²) in [7, 11) is 1.49. The van der Waals surface area contributed by atoms with Gasteiger partial charge < -0.3 is 15.0 Å². The van der Waals surface area contributed by atoms with Crippen LogP contribution in [0.4, 0.5) is 0 Å². The number of fused-ring (bicyclic) bond motifs is 1. The fourth-order valence-corrected chi connectivity index (χ4v) is 2.40. The van der Waals surface area contributed by atoms with Crippen molar-refractivity contribution >= 4 is 28.6 Å². The number of hydrogen-bond donors (Lipinski definition) is 1. The molecule has 0 saturated carbocycles. The summed E-state index contributed by atoms with van der Waals surface area (Å²) in [5.74, 6) is -1.28. The highest BCUT2D eigenvalue weighted by Gasteiger charge is 2.19. The number of benzene rings is 2. The van der Waals surface area contributed by atoms with E-state index in [1.165, 1.54) is 11.9 Å². The van der Waals surface area contributed by atoms with E-state index in [-0.39, 0.29) is 18.0 Å². The zero-order chi connectivity index (χ0) is 19.3. The Bertz CT molecular complexity index is 824. The van der Waals surface area contributed by atoms with Crippen molar-refractivity contribution in [3.05, 3.63) is 48.0 Å². The standard InChI is InChI=1S/C20H24N2O4/c1-20(2,3)21-17(23)12-22(4)18(24)13-26-19(25)16-10-9-14-7-5-6-8-15(14)11-16/h5-11H,12-13H2,1-4H3,(H,21,23). The zero-order valence-corrected chi connectivity index (χ0v) is 15.5. The van der Waals surface area contributed by atoms with Gasteiger partial charge in [-0.15, -0.1) is 0 Å². The third kappa shape index (κ3) is 5.58. The Morgan fingerprint density at radius 3 is 2.35 bits per heavy atom. The summed E-state index contributed by atoms with van der Waals surface area (Å²) in [5.41, 5.74) is 0.00778. The summed E-state index contributed by atoms with van der Waals surface area (Å²) in [5, 5.41) is 4.71. The number of rotatable bonds is 5. The Kier molecular flexibility index (Phi) is 5.97. The lowest BCUT2D eigenvalue weighted by atomic mass is 10.1. The molecule has 0 fully saturated rings. The molecule has 0 aliphatic heterocycles. The second kappa shape index (κ2) is 7.99. The minimum Gasteiger partial charge on any atom is -0.452 e. The van der Waals surface area contributed by atoms with E-state index in [0.717, 1.165) is 10.8 Å². The number of nitrogens with zero attached hydrogens (tertiary/aromatic N) is 1. The number of carbonyl (C=O) groups is 3. The van der Waals surface area contributed by atoms with Gasteiger partial charge in [-0.3, -0.25) is 9.59 Å². The van der Waals surface area contributed by atoms with E-state index in [9.17, 15) is 14.4 Å². The van der Waals surface area contributed by atoms with E-state index in [1.807, 2.05) is 51.1 Å². The molecule has 0 heterocycles. The molecular weight excluding hydrogens is 332 g/mol. The maximum Gasteiger partial charge on any atom is 0.338 e. The van der Waals surface area contributed by atoms with Gasteiger partial charge in [-0.1, -0.05) is 30.3 Å². The highest BCUT2D eigenvalue weighted by atomic mass is 16.5. The Morgan fingerprint density at radius 1 is 1.04 bits per heavy atom. The molecule has 0 aliphatic carbocycles. The van der Waals surface area contributed by atoms with Crippen LogP contribution in [0.1, 0.15) is 31.1 Å². The second-order valence-electron chi connectivity index (χ2n) is 7.19. The first kappa shape index (κ1) is 19.4. The van der Waals surface area contributed by atoms with Crippen molar-refractivity contribution < 1.29 is 19.1 Å². The number of amides is 2. The molecule has 0 atom stereocenters. The Balaban J connectivity index is 1.89. The van der Waals surface area contributed by atoms with Crippen molar-refractivity contribution in [3.8, 4) is 0 Å². The molecule has 0 aromatic heterocycles. The van der Waals surface area contributed by atoms with Crippen LogP contribution in [-0.4, -0.2) is 48.4 Å². The molecule has 1 N–H and O–H groups in total. The highest BCUT2D eigenvalue weighted by Crippen LogP contribution is 2.16. The first-order valence-corrected chi connectivity index (χ1v) is 8.36. The van der Waals surface area contributed by atoms with Crippen molar-refractivity contribution in [2.45, 2.75) is 26.3 Å². The number of nitrogens with one attached hydrogen (secondary N) is 1. The number of carbonyl (C=O) groups excluding carboxylic acids is 3. The van der Waals surface area contributed by atoms with Gasteiger partial charge in [0.25, 0.3) is 5.91 Å².